The highest BCUT2D eigenvalue weighted by Gasteiger charge is 2.19. The zero-order valence-corrected chi connectivity index (χ0v) is 38.1. The molecule has 0 aromatic rings. The van der Waals surface area contributed by atoms with E-state index in [9.17, 15) is 14.4 Å². The number of unbranched alkanes of at least 4 members (excludes halogenated alkanes) is 31. The Hall–Kier alpha value is -2.11. The summed E-state index contributed by atoms with van der Waals surface area (Å²) in [5.74, 6) is -0.865. The minimum Gasteiger partial charge on any atom is -0.462 e. The van der Waals surface area contributed by atoms with Gasteiger partial charge in [-0.1, -0.05) is 225 Å². The number of carbonyl (C=O) groups excluding carboxylic acids is 3. The first-order valence-electron chi connectivity index (χ1n) is 24.9. The summed E-state index contributed by atoms with van der Waals surface area (Å²) in [4.78, 5) is 37.8. The van der Waals surface area contributed by atoms with Gasteiger partial charge in [0.1, 0.15) is 13.2 Å². The Labute approximate surface area is 353 Å². The molecular weight excluding hydrogens is 709 g/mol. The molecule has 0 radical (unpaired) electrons. The van der Waals surface area contributed by atoms with Gasteiger partial charge in [0.05, 0.1) is 0 Å². The third-order valence-electron chi connectivity index (χ3n) is 11.0. The molecule has 0 aliphatic heterocycles. The summed E-state index contributed by atoms with van der Waals surface area (Å²) < 4.78 is 16.7. The Kier molecular flexibility index (Phi) is 44.9. The smallest absolute Gasteiger partial charge is 0.306 e. The van der Waals surface area contributed by atoms with Crippen LogP contribution in [-0.2, 0) is 28.6 Å². The molecule has 0 rings (SSSR count). The van der Waals surface area contributed by atoms with Gasteiger partial charge in [0, 0.05) is 19.3 Å². The molecule has 0 N–H and O–H groups in total. The second-order valence-corrected chi connectivity index (χ2v) is 16.8. The molecule has 6 heteroatoms. The Balaban J connectivity index is 4.24. The summed E-state index contributed by atoms with van der Waals surface area (Å²) in [6, 6.07) is 0. The van der Waals surface area contributed by atoms with Crippen LogP contribution in [0.4, 0.5) is 0 Å². The Morgan fingerprint density at radius 2 is 0.614 bits per heavy atom. The lowest BCUT2D eigenvalue weighted by Crippen LogP contribution is -2.30. The number of allylic oxidation sites excluding steroid dienone is 4. The largest absolute Gasteiger partial charge is 0.462 e. The molecule has 0 fully saturated rings. The molecule has 0 aromatic heterocycles. The first-order valence-corrected chi connectivity index (χ1v) is 24.9. The third-order valence-corrected chi connectivity index (χ3v) is 11.0. The molecule has 0 saturated heterocycles. The summed E-state index contributed by atoms with van der Waals surface area (Å²) in [5.41, 5.74) is 0. The maximum atomic E-state index is 12.7. The van der Waals surface area contributed by atoms with Gasteiger partial charge in [-0.2, -0.15) is 0 Å². The van der Waals surface area contributed by atoms with Crippen molar-refractivity contribution in [3.8, 4) is 0 Å². The Morgan fingerprint density at radius 1 is 0.351 bits per heavy atom. The molecule has 1 unspecified atom stereocenters. The minimum absolute atomic E-state index is 0.0680. The quantitative estimate of drug-likeness (QED) is 0.0264. The topological polar surface area (TPSA) is 78.9 Å². The molecule has 0 aliphatic carbocycles. The van der Waals surface area contributed by atoms with Crippen molar-refractivity contribution < 1.29 is 28.6 Å². The van der Waals surface area contributed by atoms with Crippen LogP contribution in [0.2, 0.25) is 0 Å². The van der Waals surface area contributed by atoms with Crippen LogP contribution in [0, 0.1) is 0 Å². The number of ether oxygens (including phenoxy) is 3. The van der Waals surface area contributed by atoms with E-state index in [1.807, 2.05) is 0 Å². The van der Waals surface area contributed by atoms with Gasteiger partial charge in [0.15, 0.2) is 6.10 Å². The molecule has 0 heterocycles. The normalized spacial score (nSPS) is 12.1. The number of carbonyl (C=O) groups is 3. The van der Waals surface area contributed by atoms with Gasteiger partial charge < -0.3 is 14.2 Å². The van der Waals surface area contributed by atoms with Crippen LogP contribution in [0.3, 0.4) is 0 Å². The average molecular weight is 803 g/mol. The standard InChI is InChI=1S/C51H94O6/c1-4-7-10-13-16-19-21-22-23-24-25-26-27-28-30-32-35-38-41-44-50(53)56-47-48(46-55-49(52)43-40-37-34-31-18-15-12-9-6-3)57-51(54)45-42-39-36-33-29-20-17-14-11-8-5-2/h16,19,21-22,48H,4-15,17-18,20,23-47H2,1-3H3/b19-16-,22-21-. The zero-order valence-electron chi connectivity index (χ0n) is 38.1. The monoisotopic (exact) mass is 803 g/mol. The van der Waals surface area contributed by atoms with Crippen molar-refractivity contribution in [3.05, 3.63) is 24.3 Å². The molecule has 1 atom stereocenters. The molecule has 0 saturated carbocycles. The molecule has 0 aliphatic rings. The zero-order chi connectivity index (χ0) is 41.5. The van der Waals surface area contributed by atoms with E-state index >= 15 is 0 Å². The van der Waals surface area contributed by atoms with Crippen molar-refractivity contribution in [1.29, 1.82) is 0 Å². The highest BCUT2D eigenvalue weighted by molar-refractivity contribution is 5.71. The molecule has 57 heavy (non-hydrogen) atoms. The molecule has 6 nitrogen and oxygen atoms in total. The number of esters is 3. The van der Waals surface area contributed by atoms with Crippen molar-refractivity contribution in [3.63, 3.8) is 0 Å². The van der Waals surface area contributed by atoms with Crippen LogP contribution >= 0.6 is 0 Å². The van der Waals surface area contributed by atoms with Crippen LogP contribution < -0.4 is 0 Å². The highest BCUT2D eigenvalue weighted by Crippen LogP contribution is 2.15. The van der Waals surface area contributed by atoms with E-state index < -0.39 is 6.10 Å². The lowest BCUT2D eigenvalue weighted by atomic mass is 10.1. The molecule has 0 bridgehead atoms. The minimum atomic E-state index is -0.764. The van der Waals surface area contributed by atoms with Gasteiger partial charge in [-0.15, -0.1) is 0 Å². The summed E-state index contributed by atoms with van der Waals surface area (Å²) in [5, 5.41) is 0. The predicted molar refractivity (Wildman–Crippen MR) is 243 cm³/mol. The van der Waals surface area contributed by atoms with E-state index in [0.717, 1.165) is 57.8 Å². The SMILES string of the molecule is CCCCC/C=C\C=C/CCCCCCCCCCCCC(=O)OCC(COC(=O)CCCCCCCCCCC)OC(=O)CCCCCCCCCCCCC. The molecular formula is C51H94O6. The van der Waals surface area contributed by atoms with Gasteiger partial charge in [0.2, 0.25) is 0 Å². The van der Waals surface area contributed by atoms with Crippen molar-refractivity contribution in [2.24, 2.45) is 0 Å². The van der Waals surface area contributed by atoms with Crippen molar-refractivity contribution >= 4 is 17.9 Å². The summed E-state index contributed by atoms with van der Waals surface area (Å²) in [6.45, 7) is 6.60. The fourth-order valence-corrected chi connectivity index (χ4v) is 7.20. The van der Waals surface area contributed by atoms with E-state index in [1.54, 1.807) is 0 Å². The number of hydrogen-bond donors (Lipinski definition) is 0. The number of rotatable bonds is 45. The second kappa shape index (κ2) is 46.6. The fraction of sp³-hybridized carbons (Fsp3) is 0.863. The summed E-state index contributed by atoms with van der Waals surface area (Å²) in [6.07, 6.45) is 51.6. The molecule has 334 valence electrons. The summed E-state index contributed by atoms with van der Waals surface area (Å²) in [7, 11) is 0. The van der Waals surface area contributed by atoms with Gasteiger partial charge in [-0.05, 0) is 44.9 Å². The molecule has 0 amide bonds. The van der Waals surface area contributed by atoms with E-state index in [2.05, 4.69) is 45.1 Å². The predicted octanol–water partition coefficient (Wildman–Crippen LogP) is 16.0. The molecule has 0 aromatic carbocycles. The van der Waals surface area contributed by atoms with E-state index in [0.29, 0.717) is 19.3 Å². The first-order chi connectivity index (χ1) is 28.0. The van der Waals surface area contributed by atoms with Crippen LogP contribution in [0.5, 0.6) is 0 Å². The van der Waals surface area contributed by atoms with Crippen LogP contribution in [0.15, 0.2) is 24.3 Å². The van der Waals surface area contributed by atoms with E-state index in [4.69, 9.17) is 14.2 Å². The van der Waals surface area contributed by atoms with Crippen molar-refractivity contribution in [2.45, 2.75) is 271 Å². The maximum absolute atomic E-state index is 12.7. The Morgan fingerprint density at radius 3 is 0.965 bits per heavy atom. The van der Waals surface area contributed by atoms with Gasteiger partial charge >= 0.3 is 17.9 Å². The second-order valence-electron chi connectivity index (χ2n) is 16.8. The van der Waals surface area contributed by atoms with E-state index in [1.165, 1.54) is 167 Å². The van der Waals surface area contributed by atoms with Gasteiger partial charge in [-0.3, -0.25) is 14.4 Å². The molecule has 0 spiro atoms. The van der Waals surface area contributed by atoms with Crippen LogP contribution in [0.25, 0.3) is 0 Å². The van der Waals surface area contributed by atoms with Crippen molar-refractivity contribution in [1.82, 2.24) is 0 Å². The lowest BCUT2D eigenvalue weighted by molar-refractivity contribution is -0.167. The van der Waals surface area contributed by atoms with Crippen molar-refractivity contribution in [2.75, 3.05) is 13.2 Å². The Bertz CT molecular complexity index is 927. The van der Waals surface area contributed by atoms with E-state index in [-0.39, 0.29) is 31.1 Å². The summed E-state index contributed by atoms with van der Waals surface area (Å²) >= 11 is 0. The maximum Gasteiger partial charge on any atom is 0.306 e. The first kappa shape index (κ1) is 54.9. The van der Waals surface area contributed by atoms with Gasteiger partial charge in [-0.25, -0.2) is 0 Å². The number of hydrogen-bond acceptors (Lipinski definition) is 6. The lowest BCUT2D eigenvalue weighted by Gasteiger charge is -2.18. The third kappa shape index (κ3) is 44.8. The van der Waals surface area contributed by atoms with Crippen LogP contribution in [-0.4, -0.2) is 37.2 Å². The fourth-order valence-electron chi connectivity index (χ4n) is 7.20. The van der Waals surface area contributed by atoms with Crippen LogP contribution in [0.1, 0.15) is 265 Å². The van der Waals surface area contributed by atoms with Gasteiger partial charge in [0.25, 0.3) is 0 Å². The average Bonchev–Trinajstić information content (AvgIpc) is 3.21. The highest BCUT2D eigenvalue weighted by atomic mass is 16.6.